The van der Waals surface area contributed by atoms with Crippen molar-refractivity contribution < 1.29 is 14.7 Å². The number of carbonyl (C=O) groups excluding carboxylic acids is 1. The second-order valence-corrected chi connectivity index (χ2v) is 5.93. The standard InChI is InChI=1S/C16H25N3O3/c1-5-13-12(14(6-2)18(4)17-13)9-15(20)19(11-7-8-11)10(3)16(21)22/h10-11H,5-9H2,1-4H3,(H,21,22). The van der Waals surface area contributed by atoms with Gasteiger partial charge in [0.05, 0.1) is 12.1 Å². The zero-order valence-corrected chi connectivity index (χ0v) is 13.8. The first kappa shape index (κ1) is 16.5. The fourth-order valence-corrected chi connectivity index (χ4v) is 3.04. The number of hydrogen-bond donors (Lipinski definition) is 1. The number of aromatic nitrogens is 2. The molecule has 1 atom stereocenters. The first-order valence-electron chi connectivity index (χ1n) is 7.98. The van der Waals surface area contributed by atoms with Gasteiger partial charge in [0, 0.05) is 24.3 Å². The molecule has 0 spiro atoms. The van der Waals surface area contributed by atoms with Crippen molar-refractivity contribution in [3.05, 3.63) is 17.0 Å². The molecule has 1 saturated carbocycles. The Morgan fingerprint density at radius 1 is 1.36 bits per heavy atom. The second kappa shape index (κ2) is 6.50. The molecule has 1 unspecified atom stereocenters. The van der Waals surface area contributed by atoms with Gasteiger partial charge in [0.1, 0.15) is 6.04 Å². The van der Waals surface area contributed by atoms with Crippen LogP contribution in [-0.2, 0) is 35.9 Å². The van der Waals surface area contributed by atoms with Gasteiger partial charge in [0.15, 0.2) is 0 Å². The number of amides is 1. The molecule has 6 nitrogen and oxygen atoms in total. The molecule has 0 aromatic carbocycles. The number of carboxylic acid groups (broad SMARTS) is 1. The van der Waals surface area contributed by atoms with Crippen molar-refractivity contribution >= 4 is 11.9 Å². The fourth-order valence-electron chi connectivity index (χ4n) is 3.04. The van der Waals surface area contributed by atoms with Crippen LogP contribution in [0.5, 0.6) is 0 Å². The van der Waals surface area contributed by atoms with Crippen molar-refractivity contribution in [1.82, 2.24) is 14.7 Å². The van der Waals surface area contributed by atoms with Gasteiger partial charge in [-0.1, -0.05) is 13.8 Å². The number of aliphatic carboxylic acids is 1. The van der Waals surface area contributed by atoms with Crippen LogP contribution in [0.1, 0.15) is 50.6 Å². The fraction of sp³-hybridized carbons (Fsp3) is 0.688. The van der Waals surface area contributed by atoms with Crippen LogP contribution < -0.4 is 0 Å². The van der Waals surface area contributed by atoms with Gasteiger partial charge in [-0.25, -0.2) is 4.79 Å². The summed E-state index contributed by atoms with van der Waals surface area (Å²) >= 11 is 0. The third kappa shape index (κ3) is 3.15. The van der Waals surface area contributed by atoms with E-state index >= 15 is 0 Å². The van der Waals surface area contributed by atoms with E-state index in [-0.39, 0.29) is 18.4 Å². The Labute approximate surface area is 131 Å². The Morgan fingerprint density at radius 3 is 2.45 bits per heavy atom. The predicted octanol–water partition coefficient (Wildman–Crippen LogP) is 1.55. The van der Waals surface area contributed by atoms with Crippen molar-refractivity contribution in [3.63, 3.8) is 0 Å². The Bertz CT molecular complexity index is 575. The molecule has 0 aliphatic heterocycles. The predicted molar refractivity (Wildman–Crippen MR) is 82.6 cm³/mol. The topological polar surface area (TPSA) is 75.4 Å². The molecule has 0 saturated heterocycles. The molecule has 1 fully saturated rings. The Hall–Kier alpha value is -1.85. The summed E-state index contributed by atoms with van der Waals surface area (Å²) in [6, 6.07) is -0.683. The van der Waals surface area contributed by atoms with Crippen molar-refractivity contribution in [3.8, 4) is 0 Å². The molecule has 0 bridgehead atoms. The van der Waals surface area contributed by atoms with Crippen LogP contribution in [0.2, 0.25) is 0 Å². The van der Waals surface area contributed by atoms with E-state index in [9.17, 15) is 14.7 Å². The minimum absolute atomic E-state index is 0.0884. The van der Waals surface area contributed by atoms with Gasteiger partial charge < -0.3 is 10.0 Å². The SMILES string of the molecule is CCc1nn(C)c(CC)c1CC(=O)N(C1CC1)C(C)C(=O)O. The molecule has 1 heterocycles. The zero-order chi connectivity index (χ0) is 16.4. The van der Waals surface area contributed by atoms with E-state index in [1.165, 1.54) is 0 Å². The van der Waals surface area contributed by atoms with Crippen molar-refractivity contribution in [2.45, 2.75) is 65.0 Å². The minimum atomic E-state index is -0.946. The highest BCUT2D eigenvalue weighted by Crippen LogP contribution is 2.30. The number of carboxylic acids is 1. The lowest BCUT2D eigenvalue weighted by atomic mass is 10.0. The number of nitrogens with zero attached hydrogens (tertiary/aromatic N) is 3. The summed E-state index contributed by atoms with van der Waals surface area (Å²) in [5.74, 6) is -1.05. The minimum Gasteiger partial charge on any atom is -0.480 e. The summed E-state index contributed by atoms with van der Waals surface area (Å²) in [5, 5.41) is 13.7. The molecular formula is C16H25N3O3. The monoisotopic (exact) mass is 307 g/mol. The van der Waals surface area contributed by atoms with Gasteiger partial charge in [-0.15, -0.1) is 0 Å². The van der Waals surface area contributed by atoms with Gasteiger partial charge in [0.2, 0.25) is 5.91 Å². The summed E-state index contributed by atoms with van der Waals surface area (Å²) in [7, 11) is 1.89. The largest absolute Gasteiger partial charge is 0.480 e. The maximum absolute atomic E-state index is 12.7. The normalized spacial score (nSPS) is 15.6. The van der Waals surface area contributed by atoms with Crippen LogP contribution in [0, 0.1) is 0 Å². The number of carbonyl (C=O) groups is 2. The Morgan fingerprint density at radius 2 is 2.00 bits per heavy atom. The molecule has 1 amide bonds. The summed E-state index contributed by atoms with van der Waals surface area (Å²) < 4.78 is 1.84. The second-order valence-electron chi connectivity index (χ2n) is 5.93. The van der Waals surface area contributed by atoms with Crippen LogP contribution in [0.4, 0.5) is 0 Å². The lowest BCUT2D eigenvalue weighted by Gasteiger charge is -2.26. The van der Waals surface area contributed by atoms with Crippen molar-refractivity contribution in [2.75, 3.05) is 0 Å². The zero-order valence-electron chi connectivity index (χ0n) is 13.8. The van der Waals surface area contributed by atoms with E-state index in [0.717, 1.165) is 42.6 Å². The number of rotatable bonds is 7. The van der Waals surface area contributed by atoms with Gasteiger partial charge in [-0.2, -0.15) is 5.10 Å². The third-order valence-corrected chi connectivity index (χ3v) is 4.36. The van der Waals surface area contributed by atoms with E-state index < -0.39 is 12.0 Å². The van der Waals surface area contributed by atoms with Crippen LogP contribution in [0.25, 0.3) is 0 Å². The molecule has 1 N–H and O–H groups in total. The highest BCUT2D eigenvalue weighted by Gasteiger charge is 2.38. The molecule has 1 aliphatic rings. The average molecular weight is 307 g/mol. The molecule has 2 rings (SSSR count). The quantitative estimate of drug-likeness (QED) is 0.829. The Kier molecular flexibility index (Phi) is 4.88. The smallest absolute Gasteiger partial charge is 0.326 e. The lowest BCUT2D eigenvalue weighted by molar-refractivity contribution is -0.149. The summed E-state index contributed by atoms with van der Waals surface area (Å²) in [4.78, 5) is 25.5. The highest BCUT2D eigenvalue weighted by atomic mass is 16.4. The first-order valence-corrected chi connectivity index (χ1v) is 7.98. The lowest BCUT2D eigenvalue weighted by Crippen LogP contribution is -2.45. The molecule has 122 valence electrons. The molecule has 1 aliphatic carbocycles. The van der Waals surface area contributed by atoms with Gasteiger partial charge in [-0.3, -0.25) is 9.48 Å². The highest BCUT2D eigenvalue weighted by molar-refractivity contribution is 5.85. The van der Waals surface area contributed by atoms with Crippen LogP contribution in [0.3, 0.4) is 0 Å². The summed E-state index contributed by atoms with van der Waals surface area (Å²) in [6.07, 6.45) is 3.63. The molecule has 1 aromatic rings. The maximum Gasteiger partial charge on any atom is 0.326 e. The Balaban J connectivity index is 2.25. The van der Waals surface area contributed by atoms with Gasteiger partial charge in [0.25, 0.3) is 0 Å². The number of hydrogen-bond acceptors (Lipinski definition) is 3. The van der Waals surface area contributed by atoms with Gasteiger partial charge >= 0.3 is 5.97 Å². The van der Waals surface area contributed by atoms with E-state index in [2.05, 4.69) is 5.10 Å². The summed E-state index contributed by atoms with van der Waals surface area (Å²) in [6.45, 7) is 5.65. The molecule has 1 aromatic heterocycles. The maximum atomic E-state index is 12.7. The van der Waals surface area contributed by atoms with E-state index in [4.69, 9.17) is 0 Å². The molecule has 22 heavy (non-hydrogen) atoms. The molecule has 0 radical (unpaired) electrons. The van der Waals surface area contributed by atoms with E-state index in [0.29, 0.717) is 0 Å². The van der Waals surface area contributed by atoms with Crippen LogP contribution in [0.15, 0.2) is 0 Å². The molecular weight excluding hydrogens is 282 g/mol. The van der Waals surface area contributed by atoms with E-state index in [1.54, 1.807) is 11.8 Å². The average Bonchev–Trinajstić information content (AvgIpc) is 3.24. The van der Waals surface area contributed by atoms with Gasteiger partial charge in [-0.05, 0) is 32.6 Å². The third-order valence-electron chi connectivity index (χ3n) is 4.36. The number of aryl methyl sites for hydroxylation is 2. The van der Waals surface area contributed by atoms with Crippen molar-refractivity contribution in [2.24, 2.45) is 7.05 Å². The first-order chi connectivity index (χ1) is 10.4. The van der Waals surface area contributed by atoms with Crippen molar-refractivity contribution in [1.29, 1.82) is 0 Å². The van der Waals surface area contributed by atoms with Crippen LogP contribution in [-0.4, -0.2) is 43.7 Å². The van der Waals surface area contributed by atoms with E-state index in [1.807, 2.05) is 25.6 Å². The van der Waals surface area contributed by atoms with Crippen LogP contribution >= 0.6 is 0 Å². The summed E-state index contributed by atoms with van der Waals surface area (Å²) in [5.41, 5.74) is 2.97. The molecule has 6 heteroatoms.